The average molecular weight is 383 g/mol. The van der Waals surface area contributed by atoms with Crippen LogP contribution in [0.5, 0.6) is 0 Å². The van der Waals surface area contributed by atoms with Gasteiger partial charge in [0.05, 0.1) is 11.9 Å². The second kappa shape index (κ2) is 6.07. The number of hydrogen-bond donors (Lipinski definition) is 2. The standard InChI is InChI=1S/C17H25N3O5S/c1-9-11-5-10(17(11,2)3)6-12(9)19-13-7-18-20(8-14(21)22)16(23)15(13)26(4,24)25/h7,9-12,19H,5-6,8H2,1-4H3,(H,21,22)/t9-,10+,11+,12+/m0/s1. The van der Waals surface area contributed by atoms with Gasteiger partial charge in [-0.05, 0) is 36.0 Å². The van der Waals surface area contributed by atoms with E-state index in [0.717, 1.165) is 12.7 Å². The maximum Gasteiger partial charge on any atom is 0.325 e. The minimum atomic E-state index is -3.84. The maximum atomic E-state index is 12.5. The Labute approximate surface area is 152 Å². The quantitative estimate of drug-likeness (QED) is 0.784. The summed E-state index contributed by atoms with van der Waals surface area (Å²) >= 11 is 0. The Morgan fingerprint density at radius 3 is 2.58 bits per heavy atom. The second-order valence-corrected chi connectivity index (χ2v) is 10.2. The van der Waals surface area contributed by atoms with Gasteiger partial charge in [-0.25, -0.2) is 13.1 Å². The number of aromatic nitrogens is 2. The molecule has 0 unspecified atom stereocenters. The van der Waals surface area contributed by atoms with Crippen LogP contribution in [0.3, 0.4) is 0 Å². The average Bonchev–Trinajstić information content (AvgIpc) is 2.49. The SMILES string of the molecule is C[C@H]1[C@H]2C[C@H](C[C@H]1Nc1cnn(CC(=O)O)c(=O)c1S(C)(=O)=O)C2(C)C. The summed E-state index contributed by atoms with van der Waals surface area (Å²) in [5.41, 5.74) is -0.454. The van der Waals surface area contributed by atoms with Gasteiger partial charge < -0.3 is 10.4 Å². The summed E-state index contributed by atoms with van der Waals surface area (Å²) in [7, 11) is -3.84. The van der Waals surface area contributed by atoms with Crippen LogP contribution in [0.25, 0.3) is 0 Å². The van der Waals surface area contributed by atoms with Gasteiger partial charge in [0.15, 0.2) is 14.7 Å². The summed E-state index contributed by atoms with van der Waals surface area (Å²) in [4.78, 5) is 22.9. The predicted octanol–water partition coefficient (Wildman–Crippen LogP) is 1.21. The van der Waals surface area contributed by atoms with Gasteiger partial charge in [0.2, 0.25) is 0 Å². The molecule has 26 heavy (non-hydrogen) atoms. The van der Waals surface area contributed by atoms with E-state index in [1.54, 1.807) is 0 Å². The van der Waals surface area contributed by atoms with Crippen molar-refractivity contribution in [2.75, 3.05) is 11.6 Å². The molecule has 144 valence electrons. The molecule has 1 aromatic rings. The van der Waals surface area contributed by atoms with Gasteiger partial charge in [0.1, 0.15) is 6.54 Å². The second-order valence-electron chi connectivity index (χ2n) is 8.22. The normalized spacial score (nSPS) is 29.7. The molecule has 0 spiro atoms. The number of aliphatic carboxylic acids is 1. The van der Waals surface area contributed by atoms with Crippen LogP contribution in [0.15, 0.2) is 15.9 Å². The fraction of sp³-hybridized carbons (Fsp3) is 0.706. The van der Waals surface area contributed by atoms with E-state index in [1.807, 2.05) is 0 Å². The zero-order valence-corrected chi connectivity index (χ0v) is 16.2. The van der Waals surface area contributed by atoms with E-state index in [9.17, 15) is 18.0 Å². The molecule has 0 aliphatic heterocycles. The smallest absolute Gasteiger partial charge is 0.325 e. The molecule has 0 saturated heterocycles. The van der Waals surface area contributed by atoms with Crippen molar-refractivity contribution >= 4 is 21.5 Å². The molecule has 4 atom stereocenters. The zero-order chi connectivity index (χ0) is 19.4. The van der Waals surface area contributed by atoms with Crippen molar-refractivity contribution in [2.45, 2.75) is 51.1 Å². The molecule has 8 nitrogen and oxygen atoms in total. The van der Waals surface area contributed by atoms with Crippen LogP contribution in [-0.4, -0.2) is 41.6 Å². The van der Waals surface area contributed by atoms with Gasteiger partial charge in [-0.2, -0.15) is 5.10 Å². The lowest BCUT2D eigenvalue weighted by Crippen LogP contribution is -2.58. The molecule has 4 rings (SSSR count). The number of fused-ring (bicyclic) bond motifs is 2. The summed E-state index contributed by atoms with van der Waals surface area (Å²) in [5.74, 6) is 0.204. The lowest BCUT2D eigenvalue weighted by Gasteiger charge is -2.62. The van der Waals surface area contributed by atoms with Crippen LogP contribution in [0.2, 0.25) is 0 Å². The first-order valence-corrected chi connectivity index (χ1v) is 10.6. The van der Waals surface area contributed by atoms with Gasteiger partial charge in [0.25, 0.3) is 5.56 Å². The molecule has 3 saturated carbocycles. The third-order valence-corrected chi connectivity index (χ3v) is 7.49. The van der Waals surface area contributed by atoms with E-state index in [4.69, 9.17) is 5.11 Å². The van der Waals surface area contributed by atoms with E-state index < -0.39 is 32.8 Å². The highest BCUT2D eigenvalue weighted by atomic mass is 32.2. The number of sulfone groups is 1. The molecule has 0 radical (unpaired) electrons. The van der Waals surface area contributed by atoms with E-state index in [1.165, 1.54) is 12.6 Å². The van der Waals surface area contributed by atoms with Gasteiger partial charge in [-0.1, -0.05) is 20.8 Å². The predicted molar refractivity (Wildman–Crippen MR) is 95.8 cm³/mol. The summed E-state index contributed by atoms with van der Waals surface area (Å²) in [6.45, 7) is 6.02. The number of anilines is 1. The van der Waals surface area contributed by atoms with Crippen LogP contribution in [-0.2, 0) is 21.2 Å². The van der Waals surface area contributed by atoms with E-state index in [-0.39, 0.29) is 11.7 Å². The monoisotopic (exact) mass is 383 g/mol. The van der Waals surface area contributed by atoms with Crippen molar-refractivity contribution < 1.29 is 18.3 Å². The van der Waals surface area contributed by atoms with Crippen LogP contribution < -0.4 is 10.9 Å². The van der Waals surface area contributed by atoms with Crippen LogP contribution >= 0.6 is 0 Å². The molecule has 1 aromatic heterocycles. The van der Waals surface area contributed by atoms with Gasteiger partial charge in [0, 0.05) is 12.3 Å². The Morgan fingerprint density at radius 1 is 1.42 bits per heavy atom. The van der Waals surface area contributed by atoms with Crippen LogP contribution in [0.4, 0.5) is 5.69 Å². The highest BCUT2D eigenvalue weighted by Crippen LogP contribution is 2.61. The highest BCUT2D eigenvalue weighted by molar-refractivity contribution is 7.90. The summed E-state index contributed by atoms with van der Waals surface area (Å²) in [5, 5.41) is 15.9. The first-order valence-electron chi connectivity index (χ1n) is 8.71. The Balaban J connectivity index is 1.95. The summed E-state index contributed by atoms with van der Waals surface area (Å²) in [6, 6.07) is 0.0591. The van der Waals surface area contributed by atoms with E-state index in [0.29, 0.717) is 27.9 Å². The topological polar surface area (TPSA) is 118 Å². The number of nitrogens with zero attached hydrogens (tertiary/aromatic N) is 2. The molecule has 2 N–H and O–H groups in total. The molecule has 3 fully saturated rings. The molecule has 2 bridgehead atoms. The van der Waals surface area contributed by atoms with Gasteiger partial charge >= 0.3 is 5.97 Å². The Morgan fingerprint density at radius 2 is 2.08 bits per heavy atom. The zero-order valence-electron chi connectivity index (χ0n) is 15.4. The minimum Gasteiger partial charge on any atom is -0.480 e. The van der Waals surface area contributed by atoms with Crippen molar-refractivity contribution in [1.29, 1.82) is 0 Å². The number of rotatable bonds is 5. The largest absolute Gasteiger partial charge is 0.480 e. The molecular formula is C17H25N3O5S. The third-order valence-electron chi connectivity index (χ3n) is 6.35. The lowest BCUT2D eigenvalue weighted by molar-refractivity contribution is -0.138. The Kier molecular flexibility index (Phi) is 4.41. The Bertz CT molecular complexity index is 905. The number of carboxylic acid groups (broad SMARTS) is 1. The summed E-state index contributed by atoms with van der Waals surface area (Å²) < 4.78 is 25.0. The summed E-state index contributed by atoms with van der Waals surface area (Å²) in [6.07, 6.45) is 4.29. The van der Waals surface area contributed by atoms with E-state index in [2.05, 4.69) is 31.2 Å². The fourth-order valence-electron chi connectivity index (χ4n) is 4.71. The van der Waals surface area contributed by atoms with E-state index >= 15 is 0 Å². The van der Waals surface area contributed by atoms with Gasteiger partial charge in [-0.3, -0.25) is 9.59 Å². The van der Waals surface area contributed by atoms with Crippen LogP contribution in [0.1, 0.15) is 33.6 Å². The van der Waals surface area contributed by atoms with Gasteiger partial charge in [-0.15, -0.1) is 0 Å². The fourth-order valence-corrected chi connectivity index (χ4v) is 5.65. The number of carbonyl (C=O) groups is 1. The minimum absolute atomic E-state index is 0.0591. The number of nitrogens with one attached hydrogen (secondary N) is 1. The maximum absolute atomic E-state index is 12.5. The first-order chi connectivity index (χ1) is 11.9. The molecule has 1 heterocycles. The van der Waals surface area contributed by atoms with Crippen LogP contribution in [0, 0.1) is 23.2 Å². The van der Waals surface area contributed by atoms with Crippen molar-refractivity contribution in [3.8, 4) is 0 Å². The molecular weight excluding hydrogens is 358 g/mol. The highest BCUT2D eigenvalue weighted by Gasteiger charge is 2.56. The molecule has 3 aliphatic rings. The third kappa shape index (κ3) is 3.02. The lowest BCUT2D eigenvalue weighted by atomic mass is 9.45. The van der Waals surface area contributed by atoms with Crippen molar-refractivity contribution in [1.82, 2.24) is 9.78 Å². The van der Waals surface area contributed by atoms with Crippen molar-refractivity contribution in [2.24, 2.45) is 23.2 Å². The Hall–Kier alpha value is -1.90. The molecule has 9 heteroatoms. The van der Waals surface area contributed by atoms with Crippen molar-refractivity contribution in [3.05, 3.63) is 16.6 Å². The molecule has 3 aliphatic carbocycles. The number of hydrogen-bond acceptors (Lipinski definition) is 6. The van der Waals surface area contributed by atoms with Crippen molar-refractivity contribution in [3.63, 3.8) is 0 Å². The molecule has 0 amide bonds. The molecule has 0 aromatic carbocycles. The number of carboxylic acids is 1. The first kappa shape index (κ1) is 18.9.